The van der Waals surface area contributed by atoms with E-state index in [1.165, 1.54) is 28.6 Å². The number of thioether (sulfide) groups is 1. The van der Waals surface area contributed by atoms with Crippen molar-refractivity contribution in [2.45, 2.75) is 40.2 Å². The van der Waals surface area contributed by atoms with Crippen molar-refractivity contribution >= 4 is 45.9 Å². The van der Waals surface area contributed by atoms with Crippen molar-refractivity contribution in [1.82, 2.24) is 5.32 Å². The first-order valence-electron chi connectivity index (χ1n) is 10.3. The third-order valence-electron chi connectivity index (χ3n) is 5.61. The molecule has 1 N–H and O–H groups in total. The summed E-state index contributed by atoms with van der Waals surface area (Å²) in [5.74, 6) is -0.101. The quantitative estimate of drug-likeness (QED) is 0.632. The Bertz CT molecular complexity index is 1100. The number of allylic oxidation sites excluding steroid dienone is 1. The van der Waals surface area contributed by atoms with Gasteiger partial charge in [-0.3, -0.25) is 4.79 Å². The number of nitrogens with one attached hydrogen (secondary N) is 1. The molecule has 0 unspecified atom stereocenters. The summed E-state index contributed by atoms with van der Waals surface area (Å²) >= 11 is 1.39. The molecule has 0 spiro atoms. The van der Waals surface area contributed by atoms with Crippen LogP contribution in [0.2, 0.25) is 0 Å². The van der Waals surface area contributed by atoms with Gasteiger partial charge >= 0.3 is 0 Å². The summed E-state index contributed by atoms with van der Waals surface area (Å²) in [4.78, 5) is 20.2. The fourth-order valence-corrected chi connectivity index (χ4v) is 5.05. The van der Waals surface area contributed by atoms with Crippen LogP contribution in [0.4, 0.5) is 11.4 Å². The predicted octanol–water partition coefficient (Wildman–Crippen LogP) is 5.91. The monoisotopic (exact) mass is 417 g/mol. The first-order valence-corrected chi connectivity index (χ1v) is 11.1. The second kappa shape index (κ2) is 7.80. The number of fused-ring (bicyclic) bond motifs is 1. The smallest absolute Gasteiger partial charge is 0.264 e. The molecule has 4 rings (SSSR count). The highest BCUT2D eigenvalue weighted by Crippen LogP contribution is 2.41. The number of aliphatic imine (C=N–C) groups is 1. The molecule has 0 saturated carbocycles. The average Bonchev–Trinajstić information content (AvgIpc) is 3.02. The normalized spacial score (nSPS) is 20.4. The van der Waals surface area contributed by atoms with Gasteiger partial charge in [-0.15, -0.1) is 0 Å². The van der Waals surface area contributed by atoms with Gasteiger partial charge in [0.15, 0.2) is 5.17 Å². The molecule has 5 heteroatoms. The number of amides is 1. The van der Waals surface area contributed by atoms with Gasteiger partial charge in [0.25, 0.3) is 5.91 Å². The first-order chi connectivity index (χ1) is 14.3. The van der Waals surface area contributed by atoms with E-state index in [-0.39, 0.29) is 11.4 Å². The van der Waals surface area contributed by atoms with Crippen LogP contribution in [0.1, 0.15) is 44.4 Å². The number of benzene rings is 2. The molecule has 2 aromatic carbocycles. The molecule has 1 saturated heterocycles. The lowest BCUT2D eigenvalue weighted by atomic mass is 9.87. The minimum Gasteiger partial charge on any atom is -0.363 e. The van der Waals surface area contributed by atoms with Gasteiger partial charge in [-0.1, -0.05) is 24.3 Å². The number of carbonyl (C=O) groups excluding carboxylic acids is 1. The van der Waals surface area contributed by atoms with Crippen molar-refractivity contribution in [3.05, 3.63) is 70.1 Å². The molecule has 30 heavy (non-hydrogen) atoms. The minimum absolute atomic E-state index is 0.0117. The molecule has 2 heterocycles. The molecule has 2 aliphatic heterocycles. The highest BCUT2D eigenvalue weighted by molar-refractivity contribution is 8.18. The van der Waals surface area contributed by atoms with E-state index in [9.17, 15) is 4.79 Å². The molecule has 2 aliphatic rings. The lowest BCUT2D eigenvalue weighted by Crippen LogP contribution is -2.44. The summed E-state index contributed by atoms with van der Waals surface area (Å²) in [6.45, 7) is 11.9. The van der Waals surface area contributed by atoms with Crippen LogP contribution in [0.5, 0.6) is 0 Å². The lowest BCUT2D eigenvalue weighted by Gasteiger charge is -2.43. The van der Waals surface area contributed by atoms with Crippen LogP contribution in [0.15, 0.2) is 58.4 Å². The van der Waals surface area contributed by atoms with E-state index in [4.69, 9.17) is 0 Å². The van der Waals surface area contributed by atoms with Crippen LogP contribution in [0.3, 0.4) is 0 Å². The van der Waals surface area contributed by atoms with E-state index in [1.807, 2.05) is 36.4 Å². The number of hydrogen-bond donors (Lipinski definition) is 1. The van der Waals surface area contributed by atoms with Gasteiger partial charge in [-0.2, -0.15) is 0 Å². The second-order valence-electron chi connectivity index (χ2n) is 8.27. The van der Waals surface area contributed by atoms with Crippen LogP contribution in [-0.2, 0) is 4.79 Å². The molecule has 0 aliphatic carbocycles. The van der Waals surface area contributed by atoms with Crippen molar-refractivity contribution in [3.8, 4) is 0 Å². The number of amidine groups is 1. The standard InChI is InChI=1S/C25H27N3OS/c1-6-28-21-12-16(2)18(13-20(21)17(3)15-25(28,4)5)14-22-23(29)27-24(30-22)26-19-10-8-7-9-11-19/h7-15H,6H2,1-5H3,(H,26,27,29)/b22-14-. The third-order valence-corrected chi connectivity index (χ3v) is 6.52. The number of likely N-dealkylation sites (N-methyl/N-ethyl adjacent to an activating group) is 1. The van der Waals surface area contributed by atoms with Crippen LogP contribution in [0, 0.1) is 6.92 Å². The second-order valence-corrected chi connectivity index (χ2v) is 9.30. The Balaban J connectivity index is 1.69. The van der Waals surface area contributed by atoms with E-state index >= 15 is 0 Å². The molecule has 0 bridgehead atoms. The van der Waals surface area contributed by atoms with Gasteiger partial charge in [0.2, 0.25) is 0 Å². The number of carbonyl (C=O) groups is 1. The Morgan fingerprint density at radius 2 is 1.90 bits per heavy atom. The number of aryl methyl sites for hydroxylation is 1. The highest BCUT2D eigenvalue weighted by atomic mass is 32.2. The Morgan fingerprint density at radius 1 is 1.17 bits per heavy atom. The molecular weight excluding hydrogens is 390 g/mol. The van der Waals surface area contributed by atoms with Crippen molar-refractivity contribution in [3.63, 3.8) is 0 Å². The van der Waals surface area contributed by atoms with E-state index < -0.39 is 0 Å². The van der Waals surface area contributed by atoms with E-state index in [2.05, 4.69) is 68.0 Å². The van der Waals surface area contributed by atoms with Crippen molar-refractivity contribution in [2.24, 2.45) is 4.99 Å². The summed E-state index contributed by atoms with van der Waals surface area (Å²) in [7, 11) is 0. The zero-order valence-corrected chi connectivity index (χ0v) is 18.9. The molecule has 1 amide bonds. The molecule has 2 aromatic rings. The molecule has 1 fully saturated rings. The number of para-hydroxylation sites is 1. The highest BCUT2D eigenvalue weighted by Gasteiger charge is 2.31. The number of anilines is 1. The Hall–Kier alpha value is -2.79. The largest absolute Gasteiger partial charge is 0.363 e. The first kappa shape index (κ1) is 20.5. The maximum absolute atomic E-state index is 12.5. The topological polar surface area (TPSA) is 44.7 Å². The van der Waals surface area contributed by atoms with Gasteiger partial charge in [0.1, 0.15) is 0 Å². The van der Waals surface area contributed by atoms with E-state index in [0.29, 0.717) is 10.1 Å². The molecule has 0 atom stereocenters. The van der Waals surface area contributed by atoms with Gasteiger partial charge in [0, 0.05) is 17.8 Å². The van der Waals surface area contributed by atoms with E-state index in [1.54, 1.807) is 0 Å². The van der Waals surface area contributed by atoms with Crippen LogP contribution < -0.4 is 10.2 Å². The number of nitrogens with zero attached hydrogens (tertiary/aromatic N) is 2. The summed E-state index contributed by atoms with van der Waals surface area (Å²) in [6.07, 6.45) is 4.30. The fourth-order valence-electron chi connectivity index (χ4n) is 4.22. The molecule has 0 aromatic heterocycles. The van der Waals surface area contributed by atoms with Crippen molar-refractivity contribution < 1.29 is 4.79 Å². The molecule has 4 nitrogen and oxygen atoms in total. The van der Waals surface area contributed by atoms with Crippen molar-refractivity contribution in [2.75, 3.05) is 11.4 Å². The van der Waals surface area contributed by atoms with Gasteiger partial charge in [0.05, 0.1) is 16.1 Å². The summed E-state index contributed by atoms with van der Waals surface area (Å²) < 4.78 is 0. The zero-order chi connectivity index (χ0) is 21.5. The average molecular weight is 418 g/mol. The SMILES string of the molecule is CCN1c2cc(C)c(/C=C3\SC(=Nc4ccccc4)NC3=O)cc2C(C)=CC1(C)C. The van der Waals surface area contributed by atoms with Gasteiger partial charge in [-0.05, 0) is 93.4 Å². The summed E-state index contributed by atoms with van der Waals surface area (Å²) in [6, 6.07) is 14.1. The minimum atomic E-state index is -0.101. The van der Waals surface area contributed by atoms with Crippen LogP contribution in [0.25, 0.3) is 11.6 Å². The maximum Gasteiger partial charge on any atom is 0.264 e. The summed E-state index contributed by atoms with van der Waals surface area (Å²) in [5, 5.41) is 3.49. The lowest BCUT2D eigenvalue weighted by molar-refractivity contribution is -0.115. The van der Waals surface area contributed by atoms with Crippen LogP contribution in [-0.4, -0.2) is 23.2 Å². The molecule has 154 valence electrons. The fraction of sp³-hybridized carbons (Fsp3) is 0.280. The van der Waals surface area contributed by atoms with Gasteiger partial charge in [-0.25, -0.2) is 4.99 Å². The Morgan fingerprint density at radius 3 is 2.60 bits per heavy atom. The Labute approximate surface area is 182 Å². The van der Waals surface area contributed by atoms with Crippen molar-refractivity contribution in [1.29, 1.82) is 0 Å². The van der Waals surface area contributed by atoms with Crippen LogP contribution >= 0.6 is 11.8 Å². The Kier molecular flexibility index (Phi) is 5.33. The maximum atomic E-state index is 12.5. The molecule has 0 radical (unpaired) electrons. The third kappa shape index (κ3) is 3.82. The zero-order valence-electron chi connectivity index (χ0n) is 18.1. The van der Waals surface area contributed by atoms with E-state index in [0.717, 1.165) is 23.4 Å². The predicted molar refractivity (Wildman–Crippen MR) is 129 cm³/mol. The molecular formula is C25H27N3OS. The summed E-state index contributed by atoms with van der Waals surface area (Å²) in [5.41, 5.74) is 6.81. The number of rotatable bonds is 3. The van der Waals surface area contributed by atoms with Gasteiger partial charge < -0.3 is 10.2 Å². The number of hydrogen-bond acceptors (Lipinski definition) is 4.